The van der Waals surface area contributed by atoms with Crippen LogP contribution in [-0.2, 0) is 10.2 Å². The maximum absolute atomic E-state index is 14.5. The molecule has 3 fully saturated rings. The van der Waals surface area contributed by atoms with Crippen LogP contribution >= 0.6 is 11.6 Å². The molecule has 3 atom stereocenters. The van der Waals surface area contributed by atoms with Crippen molar-refractivity contribution in [1.29, 1.82) is 0 Å². The largest absolute Gasteiger partial charge is 0.378 e. The lowest BCUT2D eigenvalue weighted by atomic mass is 9.74. The molecule has 1 amide bonds. The number of aliphatic hydroxyl groups excluding tert-OH is 1. The van der Waals surface area contributed by atoms with Gasteiger partial charge in [0.1, 0.15) is 6.23 Å². The summed E-state index contributed by atoms with van der Waals surface area (Å²) >= 11 is 6.25. The van der Waals surface area contributed by atoms with Gasteiger partial charge in [0.15, 0.2) is 0 Å². The van der Waals surface area contributed by atoms with E-state index in [0.29, 0.717) is 23.0 Å². The van der Waals surface area contributed by atoms with Gasteiger partial charge < -0.3 is 10.0 Å². The fourth-order valence-electron chi connectivity index (χ4n) is 6.98. The van der Waals surface area contributed by atoms with Crippen LogP contribution in [0.1, 0.15) is 99.5 Å². The first-order valence-corrected chi connectivity index (χ1v) is 15.2. The smallest absolute Gasteiger partial charge is 0.234 e. The number of carbonyl (C=O) groups excluding carboxylic acids is 1. The zero-order valence-corrected chi connectivity index (χ0v) is 25.9. The number of benzene rings is 1. The first kappa shape index (κ1) is 29.8. The number of hydrogen-bond acceptors (Lipinski definition) is 4. The molecule has 214 valence electrons. The summed E-state index contributed by atoms with van der Waals surface area (Å²) in [5.74, 6) is 0.240. The number of rotatable bonds is 5. The predicted octanol–water partition coefficient (Wildman–Crippen LogP) is 6.32. The molecule has 0 radical (unpaired) electrons. The van der Waals surface area contributed by atoms with Crippen molar-refractivity contribution in [3.8, 4) is 0 Å². The van der Waals surface area contributed by atoms with Gasteiger partial charge in [0, 0.05) is 54.2 Å². The number of hydrogen-bond donors (Lipinski definition) is 1. The molecular formula is C32H52ClN3O2. The van der Waals surface area contributed by atoms with Gasteiger partial charge >= 0.3 is 0 Å². The van der Waals surface area contributed by atoms with E-state index in [2.05, 4.69) is 82.2 Å². The van der Waals surface area contributed by atoms with E-state index in [0.717, 1.165) is 50.9 Å². The molecule has 1 aromatic carbocycles. The lowest BCUT2D eigenvalue weighted by Crippen LogP contribution is -2.57. The topological polar surface area (TPSA) is 47.0 Å². The van der Waals surface area contributed by atoms with Gasteiger partial charge in [-0.1, -0.05) is 58.4 Å². The average molecular weight is 546 g/mol. The summed E-state index contributed by atoms with van der Waals surface area (Å²) in [4.78, 5) is 21.5. The van der Waals surface area contributed by atoms with Gasteiger partial charge in [-0.3, -0.25) is 14.6 Å². The van der Waals surface area contributed by atoms with Crippen molar-refractivity contribution in [3.63, 3.8) is 0 Å². The standard InChI is InChI=1S/C32H52ClN3O2/c1-29(2,3)27(37)36(25-13-16-31(7,8)17-14-25)26-15-19-34(21-26)28(38)32(23-9-11-24(33)12-10-23)18-20-35(22-32)30(4,5)6/h9-12,25-27,37H,13-22H2,1-8H3/t26-,27?,32+/m0/s1. The zero-order chi connectivity index (χ0) is 28.1. The molecule has 6 heteroatoms. The SMILES string of the molecule is CC1(C)CCC(N(C(O)C(C)(C)C)[C@H]2CCN(C(=O)[C@]3(c4ccc(Cl)cc4)CCN(C(C)(C)C)C3)C2)CC1. The molecule has 5 nitrogen and oxygen atoms in total. The summed E-state index contributed by atoms with van der Waals surface area (Å²) < 4.78 is 0. The van der Waals surface area contributed by atoms with Gasteiger partial charge in [-0.2, -0.15) is 0 Å². The van der Waals surface area contributed by atoms with E-state index in [1.54, 1.807) is 0 Å². The van der Waals surface area contributed by atoms with Crippen LogP contribution in [0.3, 0.4) is 0 Å². The molecule has 38 heavy (non-hydrogen) atoms. The highest BCUT2D eigenvalue weighted by Gasteiger charge is 2.52. The second kappa shape index (κ2) is 10.7. The Kier molecular flexibility index (Phi) is 8.39. The molecule has 1 N–H and O–H groups in total. The highest BCUT2D eigenvalue weighted by molar-refractivity contribution is 6.30. The van der Waals surface area contributed by atoms with Crippen molar-refractivity contribution in [2.45, 2.75) is 123 Å². The summed E-state index contributed by atoms with van der Waals surface area (Å²) in [6.45, 7) is 20.9. The first-order chi connectivity index (χ1) is 17.5. The van der Waals surface area contributed by atoms with Crippen molar-refractivity contribution >= 4 is 17.5 Å². The number of nitrogens with zero attached hydrogens (tertiary/aromatic N) is 3. The molecular weight excluding hydrogens is 494 g/mol. The Morgan fingerprint density at radius 2 is 1.58 bits per heavy atom. The minimum atomic E-state index is -0.560. The Balaban J connectivity index is 1.59. The molecule has 1 aliphatic carbocycles. The second-order valence-corrected chi connectivity index (χ2v) is 15.6. The Morgan fingerprint density at radius 3 is 2.11 bits per heavy atom. The molecule has 0 bridgehead atoms. The quantitative estimate of drug-likeness (QED) is 0.440. The summed E-state index contributed by atoms with van der Waals surface area (Å²) in [6.07, 6.45) is 5.79. The summed E-state index contributed by atoms with van der Waals surface area (Å²) in [7, 11) is 0. The molecule has 1 aromatic rings. The van der Waals surface area contributed by atoms with Crippen LogP contribution in [0, 0.1) is 10.8 Å². The van der Waals surface area contributed by atoms with Gasteiger partial charge in [-0.25, -0.2) is 0 Å². The van der Waals surface area contributed by atoms with Crippen LogP contribution in [0.4, 0.5) is 0 Å². The molecule has 4 rings (SSSR count). The van der Waals surface area contributed by atoms with E-state index in [1.807, 2.05) is 12.1 Å². The number of halogens is 1. The Hall–Kier alpha value is -1.14. The van der Waals surface area contributed by atoms with Gasteiger partial charge in [0.2, 0.25) is 5.91 Å². The molecule has 1 unspecified atom stereocenters. The van der Waals surface area contributed by atoms with E-state index in [4.69, 9.17) is 11.6 Å². The Bertz CT molecular complexity index is 970. The van der Waals surface area contributed by atoms with Crippen LogP contribution in [0.15, 0.2) is 24.3 Å². The minimum absolute atomic E-state index is 0.00434. The lowest BCUT2D eigenvalue weighted by molar-refractivity contribution is -0.138. The summed E-state index contributed by atoms with van der Waals surface area (Å²) in [5.41, 5.74) is 0.648. The van der Waals surface area contributed by atoms with E-state index >= 15 is 0 Å². The normalized spacial score (nSPS) is 28.3. The van der Waals surface area contributed by atoms with Crippen molar-refractivity contribution in [2.75, 3.05) is 26.2 Å². The van der Waals surface area contributed by atoms with Gasteiger partial charge in [0.05, 0.1) is 5.41 Å². The minimum Gasteiger partial charge on any atom is -0.378 e. The third kappa shape index (κ3) is 6.11. The molecule has 1 saturated carbocycles. The van der Waals surface area contributed by atoms with Crippen LogP contribution in [0.5, 0.6) is 0 Å². The highest BCUT2D eigenvalue weighted by Crippen LogP contribution is 2.43. The monoisotopic (exact) mass is 545 g/mol. The Morgan fingerprint density at radius 1 is 0.974 bits per heavy atom. The highest BCUT2D eigenvalue weighted by atomic mass is 35.5. The molecule has 0 spiro atoms. The third-order valence-corrected chi connectivity index (χ3v) is 9.94. The molecule has 2 heterocycles. The van der Waals surface area contributed by atoms with Crippen molar-refractivity contribution in [1.82, 2.24) is 14.7 Å². The third-order valence-electron chi connectivity index (χ3n) is 9.68. The average Bonchev–Trinajstić information content (AvgIpc) is 3.48. The molecule has 2 aliphatic heterocycles. The molecule has 2 saturated heterocycles. The summed E-state index contributed by atoms with van der Waals surface area (Å²) in [5, 5.41) is 12.3. The van der Waals surface area contributed by atoms with E-state index < -0.39 is 11.6 Å². The van der Waals surface area contributed by atoms with Crippen LogP contribution in [0.2, 0.25) is 5.02 Å². The number of carbonyl (C=O) groups is 1. The van der Waals surface area contributed by atoms with E-state index in [-0.39, 0.29) is 22.9 Å². The van der Waals surface area contributed by atoms with Crippen LogP contribution < -0.4 is 0 Å². The fourth-order valence-corrected chi connectivity index (χ4v) is 7.11. The fraction of sp³-hybridized carbons (Fsp3) is 0.781. The predicted molar refractivity (Wildman–Crippen MR) is 157 cm³/mol. The van der Waals surface area contributed by atoms with Crippen molar-refractivity contribution in [2.24, 2.45) is 10.8 Å². The maximum atomic E-state index is 14.5. The van der Waals surface area contributed by atoms with Crippen LogP contribution in [0.25, 0.3) is 0 Å². The zero-order valence-electron chi connectivity index (χ0n) is 25.2. The van der Waals surface area contributed by atoms with Gasteiger partial charge in [-0.05, 0) is 82.4 Å². The van der Waals surface area contributed by atoms with E-state index in [9.17, 15) is 9.90 Å². The van der Waals surface area contributed by atoms with Crippen molar-refractivity contribution < 1.29 is 9.90 Å². The maximum Gasteiger partial charge on any atom is 0.234 e. The molecule has 0 aromatic heterocycles. The number of amides is 1. The summed E-state index contributed by atoms with van der Waals surface area (Å²) in [6, 6.07) is 8.50. The second-order valence-electron chi connectivity index (χ2n) is 15.2. The van der Waals surface area contributed by atoms with Gasteiger partial charge in [-0.15, -0.1) is 0 Å². The first-order valence-electron chi connectivity index (χ1n) is 14.8. The number of likely N-dealkylation sites (tertiary alicyclic amines) is 2. The Labute approximate surface area is 236 Å². The van der Waals surface area contributed by atoms with Gasteiger partial charge in [0.25, 0.3) is 0 Å². The van der Waals surface area contributed by atoms with Crippen LogP contribution in [-0.4, -0.2) is 75.7 Å². The lowest BCUT2D eigenvalue weighted by Gasteiger charge is -2.48. The van der Waals surface area contributed by atoms with E-state index in [1.165, 1.54) is 12.8 Å². The molecule has 3 aliphatic rings. The number of aliphatic hydroxyl groups is 1. The van der Waals surface area contributed by atoms with Crippen molar-refractivity contribution in [3.05, 3.63) is 34.9 Å².